The average molecular weight is 481 g/mol. The van der Waals surface area contributed by atoms with E-state index in [0.717, 1.165) is 10.9 Å². The molecule has 2 heterocycles. The Bertz CT molecular complexity index is 1400. The zero-order valence-electron chi connectivity index (χ0n) is 19.0. The first kappa shape index (κ1) is 22.7. The van der Waals surface area contributed by atoms with Gasteiger partial charge in [0.15, 0.2) is 5.69 Å². The molecule has 0 unspecified atom stereocenters. The Kier molecular flexibility index (Phi) is 6.79. The van der Waals surface area contributed by atoms with Crippen LogP contribution in [0, 0.1) is 0 Å². The second kappa shape index (κ2) is 10.5. The molecule has 5 aromatic rings. The first-order chi connectivity index (χ1) is 17.2. The zero-order chi connectivity index (χ0) is 24.0. The molecule has 1 amide bonds. The molecule has 0 aliphatic heterocycles. The van der Waals surface area contributed by atoms with Gasteiger partial charge in [0.05, 0.1) is 17.1 Å². The highest BCUT2D eigenvalue weighted by Gasteiger charge is 2.19. The molecular formula is C28H24N4O2S. The molecule has 0 saturated carbocycles. The number of hydrogen-bond donors (Lipinski definition) is 1. The Labute approximate surface area is 207 Å². The summed E-state index contributed by atoms with van der Waals surface area (Å²) in [5.74, 6) is -0.439. The van der Waals surface area contributed by atoms with Crippen LogP contribution < -0.4 is 0 Å². The molecule has 0 aliphatic rings. The van der Waals surface area contributed by atoms with E-state index in [1.807, 2.05) is 70.6 Å². The van der Waals surface area contributed by atoms with Gasteiger partial charge in [-0.15, -0.1) is 21.6 Å². The van der Waals surface area contributed by atoms with Crippen molar-refractivity contribution in [3.05, 3.63) is 118 Å². The number of nitrogens with zero attached hydrogens (tertiary/aromatic N) is 4. The standard InChI is InChI=1S/C28H24N4O2S/c33-27(25-16-9-17-35-25)30-29-26-23-14-7-8-15-24(23)32(28(26)34)20-31(18-21-10-3-1-4-11-21)19-22-12-5-2-6-13-22/h1-17,34H,18-20H2. The molecule has 2 aromatic heterocycles. The lowest BCUT2D eigenvalue weighted by molar-refractivity contribution is 0.0999. The maximum absolute atomic E-state index is 12.4. The number of aromatic nitrogens is 1. The Morgan fingerprint density at radius 1 is 0.829 bits per heavy atom. The number of thiophene rings is 1. The van der Waals surface area contributed by atoms with Gasteiger partial charge in [0.2, 0.25) is 5.88 Å². The number of rotatable bonds is 8. The van der Waals surface area contributed by atoms with Crippen molar-refractivity contribution in [3.8, 4) is 5.88 Å². The number of carbonyl (C=O) groups is 1. The van der Waals surface area contributed by atoms with Crippen LogP contribution in [0.5, 0.6) is 5.88 Å². The van der Waals surface area contributed by atoms with Crippen molar-refractivity contribution in [1.82, 2.24) is 9.47 Å². The van der Waals surface area contributed by atoms with Crippen molar-refractivity contribution in [1.29, 1.82) is 0 Å². The number of azo groups is 1. The highest BCUT2D eigenvalue weighted by Crippen LogP contribution is 2.39. The molecule has 1 N–H and O–H groups in total. The summed E-state index contributed by atoms with van der Waals surface area (Å²) in [5, 5.41) is 21.8. The van der Waals surface area contributed by atoms with Gasteiger partial charge in [0, 0.05) is 18.5 Å². The lowest BCUT2D eigenvalue weighted by Crippen LogP contribution is -2.25. The predicted molar refractivity (Wildman–Crippen MR) is 139 cm³/mol. The Morgan fingerprint density at radius 2 is 1.46 bits per heavy atom. The molecule has 7 heteroatoms. The number of benzene rings is 3. The summed E-state index contributed by atoms with van der Waals surface area (Å²) in [5.41, 5.74) is 3.49. The topological polar surface area (TPSA) is 70.2 Å². The smallest absolute Gasteiger partial charge is 0.305 e. The minimum absolute atomic E-state index is 0.0138. The van der Waals surface area contributed by atoms with Crippen molar-refractivity contribution in [2.45, 2.75) is 19.8 Å². The summed E-state index contributed by atoms with van der Waals surface area (Å²) < 4.78 is 1.82. The SMILES string of the molecule is O=C(N=Nc1c(O)n(CN(Cc2ccccc2)Cc2ccccc2)c2ccccc12)c1cccs1. The van der Waals surface area contributed by atoms with Gasteiger partial charge in [-0.2, -0.15) is 0 Å². The molecule has 0 radical (unpaired) electrons. The summed E-state index contributed by atoms with van der Waals surface area (Å²) in [6, 6.07) is 31.7. The minimum atomic E-state index is -0.425. The van der Waals surface area contributed by atoms with Crippen molar-refractivity contribution in [2.75, 3.05) is 0 Å². The Morgan fingerprint density at radius 3 is 2.09 bits per heavy atom. The third-order valence-corrected chi connectivity index (χ3v) is 6.59. The zero-order valence-corrected chi connectivity index (χ0v) is 19.8. The molecule has 174 valence electrons. The highest BCUT2D eigenvalue weighted by atomic mass is 32.1. The molecule has 6 nitrogen and oxygen atoms in total. The molecule has 0 fully saturated rings. The van der Waals surface area contributed by atoms with E-state index in [0.29, 0.717) is 30.3 Å². The number of aromatic hydroxyl groups is 1. The first-order valence-electron chi connectivity index (χ1n) is 11.3. The maximum Gasteiger partial charge on any atom is 0.305 e. The largest absolute Gasteiger partial charge is 0.493 e. The van der Waals surface area contributed by atoms with Gasteiger partial charge in [-0.1, -0.05) is 84.9 Å². The van der Waals surface area contributed by atoms with E-state index in [4.69, 9.17) is 0 Å². The van der Waals surface area contributed by atoms with Crippen molar-refractivity contribution in [2.24, 2.45) is 10.2 Å². The van der Waals surface area contributed by atoms with Gasteiger partial charge in [-0.25, -0.2) is 0 Å². The third kappa shape index (κ3) is 5.21. The van der Waals surface area contributed by atoms with Crippen LogP contribution in [0.2, 0.25) is 0 Å². The van der Waals surface area contributed by atoms with Crippen molar-refractivity contribution >= 4 is 33.8 Å². The van der Waals surface area contributed by atoms with Crippen molar-refractivity contribution in [3.63, 3.8) is 0 Å². The predicted octanol–water partition coefficient (Wildman–Crippen LogP) is 6.99. The first-order valence-corrected chi connectivity index (χ1v) is 12.2. The average Bonchev–Trinajstić information content (AvgIpc) is 3.52. The fourth-order valence-electron chi connectivity index (χ4n) is 4.10. The number of para-hydroxylation sites is 1. The molecule has 5 rings (SSSR count). The van der Waals surface area contributed by atoms with Crippen LogP contribution in [0.15, 0.2) is 113 Å². The summed E-state index contributed by atoms with van der Waals surface area (Å²) in [6.07, 6.45) is 0. The van der Waals surface area contributed by atoms with Crippen LogP contribution >= 0.6 is 11.3 Å². The van der Waals surface area contributed by atoms with E-state index < -0.39 is 5.91 Å². The van der Waals surface area contributed by atoms with E-state index in [1.165, 1.54) is 22.5 Å². The van der Waals surface area contributed by atoms with Gasteiger partial charge < -0.3 is 5.11 Å². The van der Waals surface area contributed by atoms with Gasteiger partial charge in [0.1, 0.15) is 0 Å². The molecule has 3 aromatic carbocycles. The van der Waals surface area contributed by atoms with Crippen LogP contribution in [0.4, 0.5) is 5.69 Å². The third-order valence-electron chi connectivity index (χ3n) is 5.73. The van der Waals surface area contributed by atoms with E-state index in [1.54, 1.807) is 12.1 Å². The van der Waals surface area contributed by atoms with E-state index in [2.05, 4.69) is 39.4 Å². The van der Waals surface area contributed by atoms with Crippen LogP contribution in [-0.2, 0) is 19.8 Å². The van der Waals surface area contributed by atoms with Crippen LogP contribution in [0.1, 0.15) is 20.8 Å². The normalized spacial score (nSPS) is 11.6. The van der Waals surface area contributed by atoms with Crippen LogP contribution in [0.25, 0.3) is 10.9 Å². The fourth-order valence-corrected chi connectivity index (χ4v) is 4.70. The molecule has 0 bridgehead atoms. The minimum Gasteiger partial charge on any atom is -0.493 e. The molecule has 0 spiro atoms. The maximum atomic E-state index is 12.4. The lowest BCUT2D eigenvalue weighted by Gasteiger charge is -2.24. The second-order valence-corrected chi connectivity index (χ2v) is 9.15. The Hall–Kier alpha value is -4.07. The summed E-state index contributed by atoms with van der Waals surface area (Å²) >= 11 is 1.31. The second-order valence-electron chi connectivity index (χ2n) is 8.20. The molecule has 35 heavy (non-hydrogen) atoms. The number of fused-ring (bicyclic) bond motifs is 1. The van der Waals surface area contributed by atoms with Gasteiger partial charge in [-0.05, 0) is 28.6 Å². The number of amides is 1. The van der Waals surface area contributed by atoms with Crippen molar-refractivity contribution < 1.29 is 9.90 Å². The molecular weight excluding hydrogens is 456 g/mol. The van der Waals surface area contributed by atoms with Gasteiger partial charge in [-0.3, -0.25) is 14.3 Å². The van der Waals surface area contributed by atoms with Gasteiger partial charge in [0.25, 0.3) is 0 Å². The molecule has 0 atom stereocenters. The summed E-state index contributed by atoms with van der Waals surface area (Å²) in [7, 11) is 0. The lowest BCUT2D eigenvalue weighted by atomic mass is 10.2. The summed E-state index contributed by atoms with van der Waals surface area (Å²) in [6.45, 7) is 1.84. The molecule has 0 aliphatic carbocycles. The molecule has 0 saturated heterocycles. The quantitative estimate of drug-likeness (QED) is 0.243. The van der Waals surface area contributed by atoms with E-state index >= 15 is 0 Å². The van der Waals surface area contributed by atoms with E-state index in [9.17, 15) is 9.90 Å². The van der Waals surface area contributed by atoms with Crippen LogP contribution in [-0.4, -0.2) is 20.5 Å². The summed E-state index contributed by atoms with van der Waals surface area (Å²) in [4.78, 5) is 15.1. The number of carbonyl (C=O) groups excluding carboxylic acids is 1. The Balaban J connectivity index is 1.49. The number of hydrogen-bond acceptors (Lipinski definition) is 5. The highest BCUT2D eigenvalue weighted by molar-refractivity contribution is 7.12. The van der Waals surface area contributed by atoms with Crippen LogP contribution in [0.3, 0.4) is 0 Å². The fraction of sp³-hybridized carbons (Fsp3) is 0.107. The van der Waals surface area contributed by atoms with E-state index in [-0.39, 0.29) is 5.88 Å². The van der Waals surface area contributed by atoms with Gasteiger partial charge >= 0.3 is 5.91 Å². The monoisotopic (exact) mass is 480 g/mol.